The molecule has 0 radical (unpaired) electrons. The first-order valence-corrected chi connectivity index (χ1v) is 17.3. The molecule has 0 spiro atoms. The predicted molar refractivity (Wildman–Crippen MR) is 209 cm³/mol. The highest BCUT2D eigenvalue weighted by Gasteiger charge is 2.29. The van der Waals surface area contributed by atoms with Crippen molar-refractivity contribution in [1.29, 1.82) is 5.26 Å². The van der Waals surface area contributed by atoms with Crippen LogP contribution in [-0.2, 0) is 0 Å². The molecule has 10 heteroatoms. The first-order chi connectivity index (χ1) is 26.0. The van der Waals surface area contributed by atoms with Gasteiger partial charge in [-0.25, -0.2) is 0 Å². The molecule has 0 amide bonds. The summed E-state index contributed by atoms with van der Waals surface area (Å²) in [5.74, 6) is 3.61. The molecule has 9 nitrogen and oxygen atoms in total. The van der Waals surface area contributed by atoms with Gasteiger partial charge in [-0.1, -0.05) is 48.5 Å². The maximum Gasteiger partial charge on any atom is 0.169 e. The Labute approximate surface area is 311 Å². The van der Waals surface area contributed by atoms with E-state index in [0.717, 1.165) is 67.4 Å². The summed E-state index contributed by atoms with van der Waals surface area (Å²) >= 11 is 1.13. The number of nitriles is 1. The van der Waals surface area contributed by atoms with Gasteiger partial charge < -0.3 is 28.4 Å². The summed E-state index contributed by atoms with van der Waals surface area (Å²) < 4.78 is 45.5. The summed E-state index contributed by atoms with van der Waals surface area (Å²) in [6.45, 7) is 0. The maximum absolute atomic E-state index is 9.59. The summed E-state index contributed by atoms with van der Waals surface area (Å²) in [6, 6.07) is 35.3. The summed E-state index contributed by atoms with van der Waals surface area (Å²) in [5, 5.41) is 9.59. The monoisotopic (exact) mass is 721 g/mol. The molecule has 0 aliphatic heterocycles. The van der Waals surface area contributed by atoms with E-state index in [0.29, 0.717) is 51.1 Å². The molecule has 0 N–H and O–H groups in total. The number of fused-ring (bicyclic) bond motifs is 1. The molecular formula is C43H35N3O6S. The highest BCUT2D eigenvalue weighted by molar-refractivity contribution is 7.00. The first-order valence-electron chi connectivity index (χ1n) is 16.6. The fraction of sp³-hybridized carbons (Fsp3) is 0.140. The molecule has 0 bridgehead atoms. The van der Waals surface area contributed by atoms with Crippen LogP contribution in [0, 0.1) is 11.3 Å². The standard InChI is InChI=1S/C43H35N3O6S/c1-47-28-19-27(20-29(21-28)48-2)32-22-34(40-41(46-53-45-40)38(32)26-17-15-25(24-44)16-18-26)33-23-35(30-11-7-9-13-36(30)49-3)42(51-5)43(52-6)39(33)31-12-8-10-14-37(31)50-4/h7-23H,1-6H3. The van der Waals surface area contributed by atoms with Crippen molar-refractivity contribution in [3.8, 4) is 96.2 Å². The van der Waals surface area contributed by atoms with E-state index < -0.39 is 0 Å². The highest BCUT2D eigenvalue weighted by atomic mass is 32.1. The molecule has 53 heavy (non-hydrogen) atoms. The minimum atomic E-state index is 0.507. The van der Waals surface area contributed by atoms with Crippen LogP contribution >= 0.6 is 11.7 Å². The average molecular weight is 722 g/mol. The van der Waals surface area contributed by atoms with E-state index in [1.54, 1.807) is 54.8 Å². The van der Waals surface area contributed by atoms with Gasteiger partial charge in [-0.2, -0.15) is 14.0 Å². The molecule has 0 aliphatic carbocycles. The zero-order valence-corrected chi connectivity index (χ0v) is 30.8. The Morgan fingerprint density at radius 1 is 0.472 bits per heavy atom. The molecule has 0 saturated carbocycles. The van der Waals surface area contributed by atoms with Gasteiger partial charge in [-0.3, -0.25) is 0 Å². The zero-order chi connectivity index (χ0) is 37.1. The maximum atomic E-state index is 9.59. The molecule has 1 aromatic heterocycles. The minimum Gasteiger partial charge on any atom is -0.497 e. The van der Waals surface area contributed by atoms with Crippen LogP contribution in [0.5, 0.6) is 34.5 Å². The topological polar surface area (TPSA) is 105 Å². The smallest absolute Gasteiger partial charge is 0.169 e. The Morgan fingerprint density at radius 3 is 1.66 bits per heavy atom. The van der Waals surface area contributed by atoms with Gasteiger partial charge in [0.2, 0.25) is 0 Å². The first kappa shape index (κ1) is 34.9. The molecule has 0 fully saturated rings. The Bertz CT molecular complexity index is 2480. The van der Waals surface area contributed by atoms with Crippen LogP contribution in [-0.4, -0.2) is 51.4 Å². The second-order valence-corrected chi connectivity index (χ2v) is 12.4. The molecule has 7 rings (SSSR count). The lowest BCUT2D eigenvalue weighted by Gasteiger charge is -2.24. The summed E-state index contributed by atoms with van der Waals surface area (Å²) in [7, 11) is 9.81. The van der Waals surface area contributed by atoms with E-state index in [2.05, 4.69) is 18.2 Å². The van der Waals surface area contributed by atoms with Crippen molar-refractivity contribution < 1.29 is 28.4 Å². The number of hydrogen-bond donors (Lipinski definition) is 0. The van der Waals surface area contributed by atoms with Crippen molar-refractivity contribution in [2.45, 2.75) is 0 Å². The number of para-hydroxylation sites is 2. The van der Waals surface area contributed by atoms with Crippen molar-refractivity contribution in [2.75, 3.05) is 42.7 Å². The van der Waals surface area contributed by atoms with Crippen LogP contribution < -0.4 is 28.4 Å². The van der Waals surface area contributed by atoms with Gasteiger partial charge in [0.15, 0.2) is 11.5 Å². The average Bonchev–Trinajstić information content (AvgIpc) is 3.72. The molecule has 6 aromatic carbocycles. The summed E-state index contributed by atoms with van der Waals surface area (Å²) in [6.07, 6.45) is 0. The number of benzene rings is 6. The van der Waals surface area contributed by atoms with Gasteiger partial charge >= 0.3 is 0 Å². The van der Waals surface area contributed by atoms with Crippen LogP contribution in [0.2, 0.25) is 0 Å². The fourth-order valence-corrected chi connectivity index (χ4v) is 7.34. The molecule has 0 atom stereocenters. The van der Waals surface area contributed by atoms with Crippen molar-refractivity contribution in [2.24, 2.45) is 0 Å². The molecule has 264 valence electrons. The lowest BCUT2D eigenvalue weighted by Crippen LogP contribution is -2.01. The second-order valence-electron chi connectivity index (χ2n) is 11.9. The third-order valence-corrected chi connectivity index (χ3v) is 9.74. The Hall–Kier alpha value is -6.57. The zero-order valence-electron chi connectivity index (χ0n) is 30.0. The lowest BCUT2D eigenvalue weighted by molar-refractivity contribution is 0.357. The van der Waals surface area contributed by atoms with Gasteiger partial charge in [0.1, 0.15) is 34.0 Å². The van der Waals surface area contributed by atoms with Crippen LogP contribution in [0.4, 0.5) is 0 Å². The van der Waals surface area contributed by atoms with Crippen molar-refractivity contribution in [1.82, 2.24) is 8.75 Å². The third kappa shape index (κ3) is 6.21. The van der Waals surface area contributed by atoms with Crippen LogP contribution in [0.1, 0.15) is 5.56 Å². The van der Waals surface area contributed by atoms with E-state index in [9.17, 15) is 5.26 Å². The van der Waals surface area contributed by atoms with Crippen LogP contribution in [0.3, 0.4) is 0 Å². The van der Waals surface area contributed by atoms with Gasteiger partial charge in [-0.15, -0.1) is 0 Å². The number of methoxy groups -OCH3 is 6. The van der Waals surface area contributed by atoms with Crippen molar-refractivity contribution in [3.63, 3.8) is 0 Å². The quantitative estimate of drug-likeness (QED) is 0.129. The third-order valence-electron chi connectivity index (χ3n) is 9.21. The number of hydrogen-bond acceptors (Lipinski definition) is 10. The predicted octanol–water partition coefficient (Wildman–Crippen LogP) is 9.95. The van der Waals surface area contributed by atoms with Gasteiger partial charge in [0.25, 0.3) is 0 Å². The van der Waals surface area contributed by atoms with Crippen molar-refractivity contribution >= 4 is 22.8 Å². The highest BCUT2D eigenvalue weighted by Crippen LogP contribution is 2.55. The largest absolute Gasteiger partial charge is 0.497 e. The second kappa shape index (κ2) is 15.0. The molecular weight excluding hydrogens is 687 g/mol. The van der Waals surface area contributed by atoms with E-state index in [1.807, 2.05) is 78.9 Å². The Balaban J connectivity index is 1.68. The Kier molecular flexibility index (Phi) is 9.84. The summed E-state index contributed by atoms with van der Waals surface area (Å²) in [4.78, 5) is 0. The summed E-state index contributed by atoms with van der Waals surface area (Å²) in [5.41, 5.74) is 10.0. The van der Waals surface area contributed by atoms with E-state index in [4.69, 9.17) is 37.2 Å². The number of nitrogens with zero attached hydrogens (tertiary/aromatic N) is 3. The van der Waals surface area contributed by atoms with E-state index in [1.165, 1.54) is 0 Å². The molecule has 7 aromatic rings. The number of rotatable bonds is 11. The van der Waals surface area contributed by atoms with Gasteiger partial charge in [0.05, 0.1) is 66.0 Å². The number of aromatic nitrogens is 2. The fourth-order valence-electron chi connectivity index (χ4n) is 6.78. The number of ether oxygens (including phenoxy) is 6. The molecule has 0 saturated heterocycles. The van der Waals surface area contributed by atoms with Crippen LogP contribution in [0.25, 0.3) is 66.7 Å². The van der Waals surface area contributed by atoms with Crippen molar-refractivity contribution in [3.05, 3.63) is 109 Å². The van der Waals surface area contributed by atoms with Gasteiger partial charge in [0, 0.05) is 39.4 Å². The SMILES string of the molecule is COc1cc(OC)cc(-c2cc(-c3cc(-c4ccccc4OC)c(OC)c(OC)c3-c3ccccc3OC)c3nsnc3c2-c2ccc(C#N)cc2)c1. The molecule has 0 unspecified atom stereocenters. The lowest BCUT2D eigenvalue weighted by atomic mass is 9.84. The van der Waals surface area contributed by atoms with E-state index in [-0.39, 0.29) is 0 Å². The van der Waals surface area contributed by atoms with Crippen LogP contribution in [0.15, 0.2) is 103 Å². The minimum absolute atomic E-state index is 0.507. The molecule has 0 aliphatic rings. The van der Waals surface area contributed by atoms with E-state index >= 15 is 0 Å². The van der Waals surface area contributed by atoms with Gasteiger partial charge in [-0.05, 0) is 70.8 Å². The molecule has 1 heterocycles. The Morgan fingerprint density at radius 2 is 1.06 bits per heavy atom. The normalized spacial score (nSPS) is 10.8.